The Kier molecular flexibility index (Phi) is 4.73. The predicted molar refractivity (Wildman–Crippen MR) is 63.9 cm³/mol. The van der Waals surface area contributed by atoms with E-state index in [0.29, 0.717) is 13.1 Å². The monoisotopic (exact) mass is 279 g/mol. The number of hydrogen-bond donors (Lipinski definition) is 1. The van der Waals surface area contributed by atoms with Crippen LogP contribution in [0.25, 0.3) is 0 Å². The second kappa shape index (κ2) is 5.89. The van der Waals surface area contributed by atoms with Gasteiger partial charge in [-0.3, -0.25) is 0 Å². The highest BCUT2D eigenvalue weighted by Crippen LogP contribution is 2.24. The zero-order valence-electron chi connectivity index (χ0n) is 10.9. The average molecular weight is 279 g/mol. The van der Waals surface area contributed by atoms with E-state index in [1.165, 1.54) is 0 Å². The second-order valence-corrected chi connectivity index (χ2v) is 3.75. The van der Waals surface area contributed by atoms with Gasteiger partial charge in [-0.2, -0.15) is 28.1 Å². The van der Waals surface area contributed by atoms with Gasteiger partial charge in [-0.15, -0.1) is 0 Å². The summed E-state index contributed by atoms with van der Waals surface area (Å²) in [4.78, 5) is 13.0. The summed E-state index contributed by atoms with van der Waals surface area (Å²) in [5.74, 6) is 0.0168. The van der Waals surface area contributed by atoms with E-state index in [1.54, 1.807) is 4.90 Å². The minimum atomic E-state index is -4.49. The molecule has 0 aliphatic rings. The lowest BCUT2D eigenvalue weighted by molar-refractivity contribution is -0.190. The first kappa shape index (κ1) is 15.3. The standard InChI is InChI=1S/C10H16F3N5O/c1-4-18(5-2)8-15-7(14)16-9(17-8)19-6(3)10(11,12)13/h6H,4-5H2,1-3H3,(H2,14,15,16,17). The first-order valence-corrected chi connectivity index (χ1v) is 5.77. The molecule has 0 fully saturated rings. The fourth-order valence-electron chi connectivity index (χ4n) is 1.29. The summed E-state index contributed by atoms with van der Waals surface area (Å²) in [5, 5.41) is 0. The summed E-state index contributed by atoms with van der Waals surface area (Å²) in [6.45, 7) is 5.78. The van der Waals surface area contributed by atoms with Crippen LogP contribution in [0.5, 0.6) is 6.01 Å². The number of halogens is 3. The smallest absolute Gasteiger partial charge is 0.425 e. The molecule has 1 aromatic rings. The van der Waals surface area contributed by atoms with Crippen LogP contribution in [0, 0.1) is 0 Å². The van der Waals surface area contributed by atoms with Crippen LogP contribution in [0.4, 0.5) is 25.1 Å². The van der Waals surface area contributed by atoms with Crippen LogP contribution in [0.2, 0.25) is 0 Å². The molecule has 108 valence electrons. The topological polar surface area (TPSA) is 77.2 Å². The van der Waals surface area contributed by atoms with Gasteiger partial charge in [-0.05, 0) is 20.8 Å². The van der Waals surface area contributed by atoms with Gasteiger partial charge in [-0.1, -0.05) is 0 Å². The zero-order valence-corrected chi connectivity index (χ0v) is 10.9. The Bertz CT molecular complexity index is 422. The lowest BCUT2D eigenvalue weighted by Gasteiger charge is -2.20. The number of nitrogens with two attached hydrogens (primary N) is 1. The van der Waals surface area contributed by atoms with Crippen molar-refractivity contribution in [3.63, 3.8) is 0 Å². The lowest BCUT2D eigenvalue weighted by Crippen LogP contribution is -2.32. The van der Waals surface area contributed by atoms with Crippen LogP contribution in [-0.2, 0) is 0 Å². The van der Waals surface area contributed by atoms with Crippen molar-refractivity contribution in [2.24, 2.45) is 0 Å². The van der Waals surface area contributed by atoms with Gasteiger partial charge < -0.3 is 15.4 Å². The van der Waals surface area contributed by atoms with Gasteiger partial charge >= 0.3 is 12.2 Å². The van der Waals surface area contributed by atoms with Gasteiger partial charge in [0.1, 0.15) is 0 Å². The van der Waals surface area contributed by atoms with Gasteiger partial charge in [0, 0.05) is 13.1 Å². The summed E-state index contributed by atoms with van der Waals surface area (Å²) < 4.78 is 41.8. The van der Waals surface area contributed by atoms with E-state index in [2.05, 4.69) is 19.7 Å². The number of alkyl halides is 3. The Hall–Kier alpha value is -1.80. The van der Waals surface area contributed by atoms with E-state index in [-0.39, 0.29) is 11.9 Å². The molecular weight excluding hydrogens is 263 g/mol. The molecule has 9 heteroatoms. The Morgan fingerprint density at radius 1 is 1.21 bits per heavy atom. The molecule has 1 heterocycles. The van der Waals surface area contributed by atoms with Crippen molar-refractivity contribution >= 4 is 11.9 Å². The Labute approximate surface area is 108 Å². The van der Waals surface area contributed by atoms with Crippen LogP contribution >= 0.6 is 0 Å². The molecule has 1 unspecified atom stereocenters. The van der Waals surface area contributed by atoms with Crippen LogP contribution in [0.15, 0.2) is 0 Å². The zero-order chi connectivity index (χ0) is 14.6. The quantitative estimate of drug-likeness (QED) is 0.882. The van der Waals surface area contributed by atoms with Gasteiger partial charge in [0.2, 0.25) is 11.9 Å². The molecule has 0 bridgehead atoms. The van der Waals surface area contributed by atoms with E-state index < -0.39 is 18.3 Å². The van der Waals surface area contributed by atoms with Gasteiger partial charge in [0.15, 0.2) is 6.10 Å². The summed E-state index contributed by atoms with van der Waals surface area (Å²) in [6, 6.07) is -0.431. The number of nitrogens with zero attached hydrogens (tertiary/aromatic N) is 4. The maximum absolute atomic E-state index is 12.4. The van der Waals surface area contributed by atoms with E-state index in [1.807, 2.05) is 13.8 Å². The maximum Gasteiger partial charge on any atom is 0.425 e. The van der Waals surface area contributed by atoms with Gasteiger partial charge in [0.25, 0.3) is 0 Å². The van der Waals surface area contributed by atoms with Crippen molar-refractivity contribution in [3.05, 3.63) is 0 Å². The summed E-state index contributed by atoms with van der Waals surface area (Å²) in [7, 11) is 0. The molecule has 0 aliphatic carbocycles. The minimum Gasteiger partial charge on any atom is -0.451 e. The van der Waals surface area contributed by atoms with Crippen molar-refractivity contribution in [1.82, 2.24) is 15.0 Å². The maximum atomic E-state index is 12.4. The van der Waals surface area contributed by atoms with Crippen molar-refractivity contribution < 1.29 is 17.9 Å². The van der Waals surface area contributed by atoms with Crippen LogP contribution in [0.3, 0.4) is 0 Å². The van der Waals surface area contributed by atoms with Crippen molar-refractivity contribution in [3.8, 4) is 6.01 Å². The van der Waals surface area contributed by atoms with Crippen molar-refractivity contribution in [2.75, 3.05) is 23.7 Å². The van der Waals surface area contributed by atoms with Crippen molar-refractivity contribution in [1.29, 1.82) is 0 Å². The molecule has 0 saturated heterocycles. The first-order valence-electron chi connectivity index (χ1n) is 5.77. The summed E-state index contributed by atoms with van der Waals surface area (Å²) >= 11 is 0. The fraction of sp³-hybridized carbons (Fsp3) is 0.700. The summed E-state index contributed by atoms with van der Waals surface area (Å²) in [6.07, 6.45) is -6.50. The van der Waals surface area contributed by atoms with Crippen LogP contribution in [-0.4, -0.2) is 40.3 Å². The largest absolute Gasteiger partial charge is 0.451 e. The third-order valence-electron chi connectivity index (χ3n) is 2.41. The molecule has 1 rings (SSSR count). The molecule has 0 radical (unpaired) electrons. The fourth-order valence-corrected chi connectivity index (χ4v) is 1.29. The molecule has 0 aliphatic heterocycles. The Balaban J connectivity index is 2.97. The number of rotatable bonds is 5. The number of hydrogen-bond acceptors (Lipinski definition) is 6. The Morgan fingerprint density at radius 2 is 1.79 bits per heavy atom. The Morgan fingerprint density at radius 3 is 2.26 bits per heavy atom. The number of nitrogen functional groups attached to an aromatic ring is 1. The molecule has 1 aromatic heterocycles. The van der Waals surface area contributed by atoms with E-state index >= 15 is 0 Å². The van der Waals surface area contributed by atoms with Gasteiger partial charge in [0.05, 0.1) is 0 Å². The second-order valence-electron chi connectivity index (χ2n) is 3.75. The van der Waals surface area contributed by atoms with E-state index in [4.69, 9.17) is 5.73 Å². The molecule has 1 atom stereocenters. The average Bonchev–Trinajstić information content (AvgIpc) is 2.28. The third kappa shape index (κ3) is 4.11. The molecular formula is C10H16F3N5O. The van der Waals surface area contributed by atoms with E-state index in [0.717, 1.165) is 6.92 Å². The third-order valence-corrected chi connectivity index (χ3v) is 2.41. The number of anilines is 2. The minimum absolute atomic E-state index is 0.179. The SMILES string of the molecule is CCN(CC)c1nc(N)nc(OC(C)C(F)(F)F)n1. The highest BCUT2D eigenvalue weighted by atomic mass is 19.4. The van der Waals surface area contributed by atoms with E-state index in [9.17, 15) is 13.2 Å². The molecule has 0 aromatic carbocycles. The van der Waals surface area contributed by atoms with Crippen LogP contribution in [0.1, 0.15) is 20.8 Å². The predicted octanol–water partition coefficient (Wildman–Crippen LogP) is 1.63. The molecule has 0 spiro atoms. The molecule has 6 nitrogen and oxygen atoms in total. The molecule has 0 amide bonds. The number of ether oxygens (including phenoxy) is 1. The number of aromatic nitrogens is 3. The highest BCUT2D eigenvalue weighted by Gasteiger charge is 2.38. The normalized spacial score (nSPS) is 13.2. The molecule has 2 N–H and O–H groups in total. The first-order chi connectivity index (χ1) is 8.77. The van der Waals surface area contributed by atoms with Gasteiger partial charge in [-0.25, -0.2) is 0 Å². The molecule has 0 saturated carbocycles. The highest BCUT2D eigenvalue weighted by molar-refractivity contribution is 5.35. The molecule has 19 heavy (non-hydrogen) atoms. The lowest BCUT2D eigenvalue weighted by atomic mass is 10.4. The summed E-state index contributed by atoms with van der Waals surface area (Å²) in [5.41, 5.74) is 5.44. The van der Waals surface area contributed by atoms with Crippen LogP contribution < -0.4 is 15.4 Å². The van der Waals surface area contributed by atoms with Crippen molar-refractivity contribution in [2.45, 2.75) is 33.1 Å².